The molecule has 10 aromatic rings. The molecule has 0 unspecified atom stereocenters. The number of fused-ring (bicyclic) bond motifs is 11. The van der Waals surface area contributed by atoms with Crippen molar-refractivity contribution in [1.29, 1.82) is 0 Å². The molecule has 260 valence electrons. The van der Waals surface area contributed by atoms with Gasteiger partial charge in [0.1, 0.15) is 0 Å². The van der Waals surface area contributed by atoms with Crippen LogP contribution in [-0.2, 0) is 0 Å². The molecule has 8 N–H and O–H groups in total. The van der Waals surface area contributed by atoms with E-state index in [0.717, 1.165) is 48.5 Å². The topological polar surface area (TPSA) is 162 Å². The number of hydrogen-bond donors (Lipinski definition) is 8. The molecule has 10 aromatic carbocycles. The summed E-state index contributed by atoms with van der Waals surface area (Å²) in [6.45, 7) is 0. The van der Waals surface area contributed by atoms with Crippen molar-refractivity contribution in [3.8, 4) is 68.2 Å². The summed E-state index contributed by atoms with van der Waals surface area (Å²) in [5.74, 6) is -7.34. The Hall–Kier alpha value is -7.58. The Balaban J connectivity index is 1.53. The van der Waals surface area contributed by atoms with Crippen molar-refractivity contribution in [3.63, 3.8) is 0 Å². The molecule has 0 aliphatic heterocycles. The van der Waals surface area contributed by atoms with Crippen LogP contribution in [0.2, 0.25) is 0 Å². The van der Waals surface area contributed by atoms with Crippen molar-refractivity contribution in [1.82, 2.24) is 0 Å². The van der Waals surface area contributed by atoms with E-state index in [2.05, 4.69) is 12.1 Å². The summed E-state index contributed by atoms with van der Waals surface area (Å²) in [5, 5.41) is 99.8. The van der Waals surface area contributed by atoms with Crippen molar-refractivity contribution < 1.29 is 40.9 Å². The standard InChI is InChI=1S/C46H28O8/c47-39-35-32(23-18-17-21-9-1-2-10-22(21)19-23)36-38(42(50)46(54)44(52)40(36)48)34(37(35)41(49)45(53)43(39)51)31-20-30-26-13-4-3-11-24(26)25-12-5-7-15-28(25)33(30)29-16-8-6-14-27(29)31/h1-20,47-54H. The van der Waals surface area contributed by atoms with E-state index in [9.17, 15) is 40.9 Å². The van der Waals surface area contributed by atoms with E-state index in [1.54, 1.807) is 18.2 Å². The summed E-state index contributed by atoms with van der Waals surface area (Å²) >= 11 is 0. The fourth-order valence-corrected chi connectivity index (χ4v) is 8.50. The molecule has 8 heteroatoms. The summed E-state index contributed by atoms with van der Waals surface area (Å²) in [5.41, 5.74) is 0.752. The van der Waals surface area contributed by atoms with E-state index in [4.69, 9.17) is 0 Å². The predicted molar refractivity (Wildman–Crippen MR) is 213 cm³/mol. The van der Waals surface area contributed by atoms with Crippen LogP contribution in [0.5, 0.6) is 46.0 Å². The van der Waals surface area contributed by atoms with Gasteiger partial charge in [-0.05, 0) is 77.1 Å². The zero-order valence-corrected chi connectivity index (χ0v) is 28.1. The molecule has 0 spiro atoms. The molecule has 0 atom stereocenters. The molecule has 0 bridgehead atoms. The first kappa shape index (κ1) is 31.2. The molecule has 10 rings (SSSR count). The highest BCUT2D eigenvalue weighted by atomic mass is 16.4. The first-order chi connectivity index (χ1) is 26.2. The third kappa shape index (κ3) is 3.96. The third-order valence-electron chi connectivity index (χ3n) is 10.8. The SMILES string of the molecule is Oc1c(O)c(O)c2c(-c3cc4c5ccccc5c5ccccc5c4c4ccccc34)c3c(O)c(O)c(O)c(O)c3c(-c3ccc4ccccc4c3)c2c1O. The molecular weight excluding hydrogens is 680 g/mol. The van der Waals surface area contributed by atoms with Crippen molar-refractivity contribution in [2.75, 3.05) is 0 Å². The van der Waals surface area contributed by atoms with E-state index < -0.39 is 46.0 Å². The minimum absolute atomic E-state index is 0.00208. The van der Waals surface area contributed by atoms with Crippen molar-refractivity contribution in [3.05, 3.63) is 121 Å². The lowest BCUT2D eigenvalue weighted by molar-refractivity contribution is 0.350. The van der Waals surface area contributed by atoms with Gasteiger partial charge in [0, 0.05) is 32.7 Å². The smallest absolute Gasteiger partial charge is 0.204 e. The molecule has 0 saturated carbocycles. The second-order valence-electron chi connectivity index (χ2n) is 13.6. The van der Waals surface area contributed by atoms with Crippen molar-refractivity contribution in [2.45, 2.75) is 0 Å². The van der Waals surface area contributed by atoms with Crippen LogP contribution < -0.4 is 0 Å². The molecule has 0 amide bonds. The molecule has 0 aliphatic rings. The van der Waals surface area contributed by atoms with Crippen LogP contribution in [-0.4, -0.2) is 40.9 Å². The molecule has 8 nitrogen and oxygen atoms in total. The van der Waals surface area contributed by atoms with E-state index in [-0.39, 0.29) is 32.7 Å². The van der Waals surface area contributed by atoms with Crippen molar-refractivity contribution >= 4 is 75.4 Å². The maximum atomic E-state index is 11.9. The Kier molecular flexibility index (Phi) is 6.33. The highest BCUT2D eigenvalue weighted by Gasteiger charge is 2.33. The van der Waals surface area contributed by atoms with Gasteiger partial charge in [-0.15, -0.1) is 0 Å². The van der Waals surface area contributed by atoms with Crippen molar-refractivity contribution in [2.24, 2.45) is 0 Å². The van der Waals surface area contributed by atoms with Gasteiger partial charge in [-0.3, -0.25) is 0 Å². The summed E-state index contributed by atoms with van der Waals surface area (Å²) in [6, 6.07) is 38.1. The van der Waals surface area contributed by atoms with Gasteiger partial charge in [0.25, 0.3) is 0 Å². The lowest BCUT2D eigenvalue weighted by atomic mass is 9.81. The third-order valence-corrected chi connectivity index (χ3v) is 10.8. The number of benzene rings is 10. The molecule has 0 heterocycles. The molecule has 0 aliphatic carbocycles. The number of hydrogen-bond acceptors (Lipinski definition) is 8. The Bertz CT molecular complexity index is 3230. The summed E-state index contributed by atoms with van der Waals surface area (Å²) < 4.78 is 0. The summed E-state index contributed by atoms with van der Waals surface area (Å²) in [7, 11) is 0. The largest absolute Gasteiger partial charge is 0.504 e. The van der Waals surface area contributed by atoms with E-state index in [0.29, 0.717) is 16.5 Å². The molecule has 0 radical (unpaired) electrons. The van der Waals surface area contributed by atoms with Crippen LogP contribution in [0.3, 0.4) is 0 Å². The first-order valence-corrected chi connectivity index (χ1v) is 17.2. The second-order valence-corrected chi connectivity index (χ2v) is 13.6. The number of phenolic OH excluding ortho intramolecular Hbond substituents is 8. The van der Waals surface area contributed by atoms with Gasteiger partial charge in [0.05, 0.1) is 0 Å². The minimum atomic E-state index is -1.02. The minimum Gasteiger partial charge on any atom is -0.504 e. The van der Waals surface area contributed by atoms with Crippen LogP contribution >= 0.6 is 0 Å². The quantitative estimate of drug-likeness (QED) is 0.0381. The zero-order valence-electron chi connectivity index (χ0n) is 28.1. The van der Waals surface area contributed by atoms with Gasteiger partial charge in [-0.1, -0.05) is 109 Å². The van der Waals surface area contributed by atoms with Crippen LogP contribution in [0, 0.1) is 0 Å². The zero-order chi connectivity index (χ0) is 37.2. The van der Waals surface area contributed by atoms with Gasteiger partial charge in [0.15, 0.2) is 23.0 Å². The number of rotatable bonds is 2. The second kappa shape index (κ2) is 11.0. The molecule has 54 heavy (non-hydrogen) atoms. The number of phenols is 8. The predicted octanol–water partition coefficient (Wildman–Crippen LogP) is 10.7. The Morgan fingerprint density at radius 3 is 1.19 bits per heavy atom. The summed E-state index contributed by atoms with van der Waals surface area (Å²) in [6.07, 6.45) is 0. The normalized spacial score (nSPS) is 11.9. The maximum Gasteiger partial charge on any atom is 0.204 e. The molecule has 0 aromatic heterocycles. The Labute approximate surface area is 305 Å². The van der Waals surface area contributed by atoms with Crippen LogP contribution in [0.4, 0.5) is 0 Å². The van der Waals surface area contributed by atoms with E-state index in [1.807, 2.05) is 91.0 Å². The molecule has 0 fully saturated rings. The molecular formula is C46H28O8. The lowest BCUT2D eigenvalue weighted by Crippen LogP contribution is -1.96. The first-order valence-electron chi connectivity index (χ1n) is 17.2. The number of aromatic hydroxyl groups is 8. The Morgan fingerprint density at radius 2 is 0.648 bits per heavy atom. The van der Waals surface area contributed by atoms with Crippen LogP contribution in [0.15, 0.2) is 121 Å². The van der Waals surface area contributed by atoms with E-state index in [1.165, 1.54) is 0 Å². The highest BCUT2D eigenvalue weighted by Crippen LogP contribution is 2.62. The monoisotopic (exact) mass is 708 g/mol. The molecule has 0 saturated heterocycles. The van der Waals surface area contributed by atoms with Gasteiger partial charge >= 0.3 is 0 Å². The average Bonchev–Trinajstić information content (AvgIpc) is 3.21. The van der Waals surface area contributed by atoms with Gasteiger partial charge in [-0.25, -0.2) is 0 Å². The van der Waals surface area contributed by atoms with Gasteiger partial charge in [-0.2, -0.15) is 0 Å². The fraction of sp³-hybridized carbons (Fsp3) is 0. The fourth-order valence-electron chi connectivity index (χ4n) is 8.50. The summed E-state index contributed by atoms with van der Waals surface area (Å²) in [4.78, 5) is 0. The highest BCUT2D eigenvalue weighted by molar-refractivity contribution is 6.36. The van der Waals surface area contributed by atoms with Crippen LogP contribution in [0.25, 0.3) is 97.7 Å². The maximum absolute atomic E-state index is 11.9. The van der Waals surface area contributed by atoms with Gasteiger partial charge in [0.2, 0.25) is 23.0 Å². The Morgan fingerprint density at radius 1 is 0.259 bits per heavy atom. The average molecular weight is 709 g/mol. The van der Waals surface area contributed by atoms with E-state index >= 15 is 0 Å². The van der Waals surface area contributed by atoms with Gasteiger partial charge < -0.3 is 40.9 Å². The van der Waals surface area contributed by atoms with Crippen LogP contribution in [0.1, 0.15) is 0 Å². The lowest BCUT2D eigenvalue weighted by Gasteiger charge is -2.24.